The second kappa shape index (κ2) is 10.7. The number of ether oxygens (including phenoxy) is 1. The molecule has 2 heterocycles. The summed E-state index contributed by atoms with van der Waals surface area (Å²) < 4.78 is 33.9. The maximum Gasteiger partial charge on any atom is 0.276 e. The highest BCUT2D eigenvalue weighted by atomic mass is 19.1. The van der Waals surface area contributed by atoms with Crippen LogP contribution in [0.5, 0.6) is 0 Å². The van der Waals surface area contributed by atoms with Gasteiger partial charge in [-0.25, -0.2) is 13.8 Å². The molecule has 1 amide bonds. The van der Waals surface area contributed by atoms with Gasteiger partial charge in [-0.3, -0.25) is 4.79 Å². The van der Waals surface area contributed by atoms with Gasteiger partial charge < -0.3 is 20.7 Å². The number of anilines is 1. The number of benzene rings is 1. The maximum absolute atomic E-state index is 14.2. The van der Waals surface area contributed by atoms with Gasteiger partial charge in [-0.2, -0.15) is 0 Å². The van der Waals surface area contributed by atoms with Crippen LogP contribution in [0.4, 0.5) is 14.5 Å². The first-order valence-electron chi connectivity index (χ1n) is 10.3. The molecule has 1 aliphatic rings. The van der Waals surface area contributed by atoms with E-state index < -0.39 is 17.5 Å². The van der Waals surface area contributed by atoms with Gasteiger partial charge in [-0.1, -0.05) is 18.7 Å². The molecule has 1 fully saturated rings. The summed E-state index contributed by atoms with van der Waals surface area (Å²) in [7, 11) is 0. The summed E-state index contributed by atoms with van der Waals surface area (Å²) in [4.78, 5) is 19.3. The minimum Gasteiger partial charge on any atom is -0.397 e. The summed E-state index contributed by atoms with van der Waals surface area (Å²) in [6, 6.07) is 6.29. The summed E-state index contributed by atoms with van der Waals surface area (Å²) >= 11 is 0. The number of nitrogens with zero attached hydrogens (tertiary/aromatic N) is 2. The molecule has 1 aromatic carbocycles. The molecule has 0 saturated carbocycles. The van der Waals surface area contributed by atoms with Gasteiger partial charge in [0.1, 0.15) is 11.6 Å². The van der Waals surface area contributed by atoms with E-state index in [2.05, 4.69) is 21.8 Å². The molecular weight excluding hydrogens is 414 g/mol. The Kier molecular flexibility index (Phi) is 7.72. The van der Waals surface area contributed by atoms with Gasteiger partial charge in [-0.15, -0.1) is 0 Å². The van der Waals surface area contributed by atoms with Crippen LogP contribution in [0.3, 0.4) is 0 Å². The number of halogens is 2. The molecule has 0 bridgehead atoms. The van der Waals surface area contributed by atoms with Gasteiger partial charge in [0.05, 0.1) is 34.9 Å². The highest BCUT2D eigenvalue weighted by molar-refractivity contribution is 5.99. The highest BCUT2D eigenvalue weighted by Gasteiger charge is 2.20. The van der Waals surface area contributed by atoms with Crippen molar-refractivity contribution < 1.29 is 18.3 Å². The Bertz CT molecular complexity index is 1040. The largest absolute Gasteiger partial charge is 0.397 e. The lowest BCUT2D eigenvalue weighted by Crippen LogP contribution is -2.31. The van der Waals surface area contributed by atoms with E-state index in [1.165, 1.54) is 24.3 Å². The quantitative estimate of drug-likeness (QED) is 0.663. The van der Waals surface area contributed by atoms with Crippen molar-refractivity contribution in [2.75, 3.05) is 32.0 Å². The molecule has 0 radical (unpaired) electrons. The van der Waals surface area contributed by atoms with E-state index in [1.54, 1.807) is 0 Å². The van der Waals surface area contributed by atoms with Crippen molar-refractivity contribution in [1.29, 1.82) is 0 Å². The van der Waals surface area contributed by atoms with E-state index in [4.69, 9.17) is 10.5 Å². The van der Waals surface area contributed by atoms with Crippen LogP contribution in [0, 0.1) is 11.6 Å². The minimum absolute atomic E-state index is 0.0255. The molecule has 0 atom stereocenters. The Morgan fingerprint density at radius 2 is 1.97 bits per heavy atom. The standard InChI is InChI=1S/C24H26F2N4O2/c1-3-7-21(30-12-6-14-32-15-13-30)19(4-2)29-24(31)23-18(27)10-11-20(28-23)22-16(25)8-5-9-17(22)26/h3-5,7-11H,2,6,12-15,27H2,1H3,(H,29,31)/b7-3-,21-19-. The van der Waals surface area contributed by atoms with E-state index >= 15 is 0 Å². The lowest BCUT2D eigenvalue weighted by Gasteiger charge is -2.25. The summed E-state index contributed by atoms with van der Waals surface area (Å²) in [5.74, 6) is -2.16. The second-order valence-corrected chi connectivity index (χ2v) is 7.14. The fraction of sp³-hybridized carbons (Fsp3) is 0.250. The number of hydrogen-bond donors (Lipinski definition) is 2. The third kappa shape index (κ3) is 5.20. The molecule has 6 nitrogen and oxygen atoms in total. The van der Waals surface area contributed by atoms with Crippen LogP contribution in [0.25, 0.3) is 11.3 Å². The topological polar surface area (TPSA) is 80.5 Å². The zero-order chi connectivity index (χ0) is 23.1. The third-order valence-corrected chi connectivity index (χ3v) is 4.98. The van der Waals surface area contributed by atoms with E-state index in [0.29, 0.717) is 25.5 Å². The first-order chi connectivity index (χ1) is 15.5. The maximum atomic E-state index is 14.2. The number of carbonyl (C=O) groups excluding carboxylic acids is 1. The number of nitrogen functional groups attached to an aromatic ring is 1. The predicted molar refractivity (Wildman–Crippen MR) is 121 cm³/mol. The molecule has 168 valence electrons. The zero-order valence-corrected chi connectivity index (χ0v) is 17.9. The molecule has 0 aliphatic carbocycles. The summed E-state index contributed by atoms with van der Waals surface area (Å²) in [6.45, 7) is 8.37. The second-order valence-electron chi connectivity index (χ2n) is 7.14. The number of hydrogen-bond acceptors (Lipinski definition) is 5. The average Bonchev–Trinajstić information content (AvgIpc) is 3.06. The van der Waals surface area contributed by atoms with Crippen LogP contribution in [0.1, 0.15) is 23.8 Å². The number of rotatable bonds is 6. The molecule has 2 aromatic rings. The number of pyridine rings is 1. The van der Waals surface area contributed by atoms with Crippen molar-refractivity contribution in [1.82, 2.24) is 15.2 Å². The van der Waals surface area contributed by atoms with E-state index in [-0.39, 0.29) is 22.6 Å². The molecule has 1 saturated heterocycles. The summed E-state index contributed by atoms with van der Waals surface area (Å²) in [6.07, 6.45) is 6.13. The van der Waals surface area contributed by atoms with E-state index in [0.717, 1.165) is 30.8 Å². The van der Waals surface area contributed by atoms with Crippen LogP contribution >= 0.6 is 0 Å². The Morgan fingerprint density at radius 1 is 1.22 bits per heavy atom. The molecule has 3 N–H and O–H groups in total. The van der Waals surface area contributed by atoms with Gasteiger partial charge >= 0.3 is 0 Å². The van der Waals surface area contributed by atoms with Crippen LogP contribution in [0.2, 0.25) is 0 Å². The first-order valence-corrected chi connectivity index (χ1v) is 10.3. The van der Waals surface area contributed by atoms with Crippen LogP contribution in [-0.4, -0.2) is 42.1 Å². The van der Waals surface area contributed by atoms with Crippen molar-refractivity contribution in [2.45, 2.75) is 13.3 Å². The summed E-state index contributed by atoms with van der Waals surface area (Å²) in [5.41, 5.74) is 6.82. The van der Waals surface area contributed by atoms with Crippen molar-refractivity contribution in [3.05, 3.63) is 83.9 Å². The smallest absolute Gasteiger partial charge is 0.276 e. The van der Waals surface area contributed by atoms with E-state index in [1.807, 2.05) is 19.1 Å². The van der Waals surface area contributed by atoms with Gasteiger partial charge in [0.2, 0.25) is 0 Å². The highest BCUT2D eigenvalue weighted by Crippen LogP contribution is 2.26. The fourth-order valence-corrected chi connectivity index (χ4v) is 3.45. The molecule has 1 aromatic heterocycles. The molecule has 0 spiro atoms. The Labute approximate surface area is 186 Å². The van der Waals surface area contributed by atoms with Gasteiger partial charge in [0.15, 0.2) is 5.69 Å². The van der Waals surface area contributed by atoms with Crippen molar-refractivity contribution in [3.8, 4) is 11.3 Å². The lowest BCUT2D eigenvalue weighted by atomic mass is 10.1. The van der Waals surface area contributed by atoms with Crippen molar-refractivity contribution in [3.63, 3.8) is 0 Å². The average molecular weight is 440 g/mol. The SMILES string of the molecule is C=C/C(NC(=O)c1nc(-c2c(F)cccc2F)ccc1N)=C(\C=C/C)N1CCCOCC1. The monoisotopic (exact) mass is 440 g/mol. The van der Waals surface area contributed by atoms with Gasteiger partial charge in [0, 0.05) is 19.7 Å². The van der Waals surface area contributed by atoms with Crippen LogP contribution in [-0.2, 0) is 4.74 Å². The van der Waals surface area contributed by atoms with Crippen LogP contribution < -0.4 is 11.1 Å². The third-order valence-electron chi connectivity index (χ3n) is 4.98. The Balaban J connectivity index is 1.97. The molecule has 32 heavy (non-hydrogen) atoms. The van der Waals surface area contributed by atoms with Gasteiger partial charge in [-0.05, 0) is 49.8 Å². The van der Waals surface area contributed by atoms with Gasteiger partial charge in [0.25, 0.3) is 5.91 Å². The number of allylic oxidation sites excluding steroid dienone is 3. The molecule has 3 rings (SSSR count). The number of nitrogens with one attached hydrogen (secondary N) is 1. The first kappa shape index (κ1) is 23.1. The normalized spacial score (nSPS) is 15.3. The number of aromatic nitrogens is 1. The fourth-order valence-electron chi connectivity index (χ4n) is 3.45. The summed E-state index contributed by atoms with van der Waals surface area (Å²) in [5, 5.41) is 2.79. The van der Waals surface area contributed by atoms with Crippen molar-refractivity contribution in [2.24, 2.45) is 0 Å². The van der Waals surface area contributed by atoms with Crippen LogP contribution in [0.15, 0.2) is 66.5 Å². The molecular formula is C24H26F2N4O2. The Morgan fingerprint density at radius 3 is 2.66 bits per heavy atom. The Hall–Kier alpha value is -3.52. The number of amides is 1. The lowest BCUT2D eigenvalue weighted by molar-refractivity contribution is 0.0962. The molecule has 1 aliphatic heterocycles. The predicted octanol–water partition coefficient (Wildman–Crippen LogP) is 4.03. The zero-order valence-electron chi connectivity index (χ0n) is 17.9. The molecule has 8 heteroatoms. The molecule has 0 unspecified atom stereocenters. The van der Waals surface area contributed by atoms with E-state index in [9.17, 15) is 13.6 Å². The number of carbonyl (C=O) groups is 1. The van der Waals surface area contributed by atoms with Crippen molar-refractivity contribution >= 4 is 11.6 Å². The minimum atomic E-state index is -0.779. The number of nitrogens with two attached hydrogens (primary N) is 1.